The molecule has 0 aromatic rings. The van der Waals surface area contributed by atoms with E-state index in [0.717, 1.165) is 5.57 Å². The number of hydrogen-bond acceptors (Lipinski definition) is 3. The highest BCUT2D eigenvalue weighted by molar-refractivity contribution is 5.88. The summed E-state index contributed by atoms with van der Waals surface area (Å²) in [4.78, 5) is 10.7. The normalized spacial score (nSPS) is 8.80. The van der Waals surface area contributed by atoms with Gasteiger partial charge < -0.3 is 9.84 Å². The maximum atomic E-state index is 10.7. The quantitative estimate of drug-likeness (QED) is 0.355. The number of aliphatic hydroxyl groups excluding tert-OH is 1. The Morgan fingerprint density at radius 2 is 1.90 bits per heavy atom. The first-order valence-electron chi connectivity index (χ1n) is 3.01. The van der Waals surface area contributed by atoms with Gasteiger partial charge >= 0.3 is 5.97 Å². The van der Waals surface area contributed by atoms with Crippen molar-refractivity contribution in [1.29, 1.82) is 0 Å². The molecule has 0 saturated heterocycles. The van der Waals surface area contributed by atoms with Crippen molar-refractivity contribution < 1.29 is 14.6 Å². The molecule has 0 amide bonds. The summed E-state index contributed by atoms with van der Waals surface area (Å²) >= 11 is 0. The Bertz CT molecular complexity index is 154. The van der Waals surface area contributed by atoms with Crippen LogP contribution in [0.2, 0.25) is 0 Å². The Labute approximate surface area is 60.3 Å². The van der Waals surface area contributed by atoms with Crippen LogP contribution in [0.1, 0.15) is 20.8 Å². The SMILES string of the molecule is CC(C)=C(C)C(=O)OCO. The van der Waals surface area contributed by atoms with E-state index in [1.807, 2.05) is 13.8 Å². The summed E-state index contributed by atoms with van der Waals surface area (Å²) in [6.07, 6.45) is 0. The fraction of sp³-hybridized carbons (Fsp3) is 0.571. The summed E-state index contributed by atoms with van der Waals surface area (Å²) in [5.41, 5.74) is 1.45. The van der Waals surface area contributed by atoms with Gasteiger partial charge in [-0.25, -0.2) is 4.79 Å². The van der Waals surface area contributed by atoms with Crippen molar-refractivity contribution in [1.82, 2.24) is 0 Å². The number of allylic oxidation sites excluding steroid dienone is 1. The average Bonchev–Trinajstić information content (AvgIpc) is 1.87. The Morgan fingerprint density at radius 1 is 1.40 bits per heavy atom. The maximum Gasteiger partial charge on any atom is 0.335 e. The van der Waals surface area contributed by atoms with E-state index >= 15 is 0 Å². The van der Waals surface area contributed by atoms with Gasteiger partial charge in [0.15, 0.2) is 6.79 Å². The summed E-state index contributed by atoms with van der Waals surface area (Å²) in [7, 11) is 0. The zero-order valence-corrected chi connectivity index (χ0v) is 6.47. The molecule has 0 fully saturated rings. The first-order valence-corrected chi connectivity index (χ1v) is 3.01. The predicted molar refractivity (Wildman–Crippen MR) is 37.2 cm³/mol. The van der Waals surface area contributed by atoms with Crippen molar-refractivity contribution in [3.63, 3.8) is 0 Å². The van der Waals surface area contributed by atoms with E-state index in [1.165, 1.54) is 0 Å². The van der Waals surface area contributed by atoms with E-state index in [4.69, 9.17) is 5.11 Å². The van der Waals surface area contributed by atoms with Gasteiger partial charge in [0.1, 0.15) is 0 Å². The lowest BCUT2D eigenvalue weighted by molar-refractivity contribution is -0.146. The highest BCUT2D eigenvalue weighted by atomic mass is 16.6. The minimum absolute atomic E-state index is 0.456. The average molecular weight is 144 g/mol. The molecule has 0 heterocycles. The molecule has 0 atom stereocenters. The van der Waals surface area contributed by atoms with Crippen LogP contribution in [0.25, 0.3) is 0 Å². The largest absolute Gasteiger partial charge is 0.435 e. The van der Waals surface area contributed by atoms with Crippen molar-refractivity contribution >= 4 is 5.97 Å². The van der Waals surface area contributed by atoms with Gasteiger partial charge in [0, 0.05) is 5.57 Å². The molecular formula is C7H12O3. The highest BCUT2D eigenvalue weighted by Gasteiger charge is 2.04. The van der Waals surface area contributed by atoms with Gasteiger partial charge in [-0.1, -0.05) is 5.57 Å². The molecule has 3 heteroatoms. The molecule has 0 bridgehead atoms. The molecule has 0 aromatic carbocycles. The Hall–Kier alpha value is -0.830. The van der Waals surface area contributed by atoms with Crippen LogP contribution in [0.15, 0.2) is 11.1 Å². The second-order valence-electron chi connectivity index (χ2n) is 2.19. The topological polar surface area (TPSA) is 46.5 Å². The Balaban J connectivity index is 4.09. The first-order chi connectivity index (χ1) is 4.59. The van der Waals surface area contributed by atoms with E-state index in [-0.39, 0.29) is 0 Å². The second kappa shape index (κ2) is 4.06. The Kier molecular flexibility index (Phi) is 3.72. The molecule has 0 unspecified atom stereocenters. The van der Waals surface area contributed by atoms with Gasteiger partial charge in [0.05, 0.1) is 0 Å². The van der Waals surface area contributed by atoms with Crippen LogP contribution in [-0.2, 0) is 9.53 Å². The number of carbonyl (C=O) groups excluding carboxylic acids is 1. The Morgan fingerprint density at radius 3 is 2.20 bits per heavy atom. The standard InChI is InChI=1S/C7H12O3/c1-5(2)6(3)7(9)10-4-8/h8H,4H2,1-3H3. The molecule has 10 heavy (non-hydrogen) atoms. The molecule has 0 aliphatic heterocycles. The molecule has 0 spiro atoms. The van der Waals surface area contributed by atoms with Crippen molar-refractivity contribution in [2.75, 3.05) is 6.79 Å². The van der Waals surface area contributed by atoms with Crippen molar-refractivity contribution in [2.24, 2.45) is 0 Å². The summed E-state index contributed by atoms with van der Waals surface area (Å²) in [5, 5.41) is 8.20. The van der Waals surface area contributed by atoms with Crippen molar-refractivity contribution in [3.05, 3.63) is 11.1 Å². The zero-order chi connectivity index (χ0) is 8.15. The van der Waals surface area contributed by atoms with Crippen LogP contribution in [0, 0.1) is 0 Å². The van der Waals surface area contributed by atoms with Gasteiger partial charge in [-0.15, -0.1) is 0 Å². The second-order valence-corrected chi connectivity index (χ2v) is 2.19. The minimum atomic E-state index is -0.552. The van der Waals surface area contributed by atoms with Gasteiger partial charge in [0.25, 0.3) is 0 Å². The smallest absolute Gasteiger partial charge is 0.335 e. The molecule has 0 rings (SSSR count). The number of hydrogen-bond donors (Lipinski definition) is 1. The van der Waals surface area contributed by atoms with E-state index in [2.05, 4.69) is 4.74 Å². The summed E-state index contributed by atoms with van der Waals surface area (Å²) in [5.74, 6) is -0.456. The molecule has 0 aromatic heterocycles. The van der Waals surface area contributed by atoms with Crippen LogP contribution in [0.4, 0.5) is 0 Å². The third-order valence-corrected chi connectivity index (χ3v) is 1.25. The fourth-order valence-electron chi connectivity index (χ4n) is 0.371. The van der Waals surface area contributed by atoms with Gasteiger partial charge in [-0.2, -0.15) is 0 Å². The van der Waals surface area contributed by atoms with Crippen molar-refractivity contribution in [3.8, 4) is 0 Å². The van der Waals surface area contributed by atoms with Crippen LogP contribution in [0.3, 0.4) is 0 Å². The molecule has 0 saturated carbocycles. The minimum Gasteiger partial charge on any atom is -0.435 e. The van der Waals surface area contributed by atoms with Crippen LogP contribution >= 0.6 is 0 Å². The highest BCUT2D eigenvalue weighted by Crippen LogP contribution is 2.03. The first kappa shape index (κ1) is 9.17. The number of esters is 1. The summed E-state index contributed by atoms with van der Waals surface area (Å²) in [6, 6.07) is 0. The lowest BCUT2D eigenvalue weighted by atomic mass is 10.2. The van der Waals surface area contributed by atoms with Crippen LogP contribution in [0.5, 0.6) is 0 Å². The number of carbonyl (C=O) groups is 1. The monoisotopic (exact) mass is 144 g/mol. The number of aliphatic hydroxyl groups is 1. The van der Waals surface area contributed by atoms with Crippen LogP contribution < -0.4 is 0 Å². The fourth-order valence-corrected chi connectivity index (χ4v) is 0.371. The third-order valence-electron chi connectivity index (χ3n) is 1.25. The molecular weight excluding hydrogens is 132 g/mol. The van der Waals surface area contributed by atoms with Crippen LogP contribution in [-0.4, -0.2) is 17.9 Å². The number of rotatable bonds is 2. The summed E-state index contributed by atoms with van der Waals surface area (Å²) < 4.78 is 4.32. The van der Waals surface area contributed by atoms with E-state index in [1.54, 1.807) is 6.92 Å². The molecule has 1 N–H and O–H groups in total. The van der Waals surface area contributed by atoms with E-state index in [9.17, 15) is 4.79 Å². The maximum absolute atomic E-state index is 10.7. The van der Waals surface area contributed by atoms with Gasteiger partial charge in [-0.3, -0.25) is 0 Å². The third kappa shape index (κ3) is 2.64. The zero-order valence-electron chi connectivity index (χ0n) is 6.47. The lowest BCUT2D eigenvalue weighted by Gasteiger charge is -2.01. The number of ether oxygens (including phenoxy) is 1. The van der Waals surface area contributed by atoms with E-state index in [0.29, 0.717) is 5.57 Å². The van der Waals surface area contributed by atoms with Gasteiger partial charge in [0.2, 0.25) is 0 Å². The summed E-state index contributed by atoms with van der Waals surface area (Å²) in [6.45, 7) is 4.73. The van der Waals surface area contributed by atoms with E-state index < -0.39 is 12.8 Å². The molecule has 58 valence electrons. The molecule has 0 aliphatic carbocycles. The molecule has 0 radical (unpaired) electrons. The van der Waals surface area contributed by atoms with Gasteiger partial charge in [-0.05, 0) is 20.8 Å². The molecule has 3 nitrogen and oxygen atoms in total. The predicted octanol–water partition coefficient (Wildman–Crippen LogP) is 0.836. The van der Waals surface area contributed by atoms with Crippen molar-refractivity contribution in [2.45, 2.75) is 20.8 Å². The lowest BCUT2D eigenvalue weighted by Crippen LogP contribution is -2.07. The molecule has 0 aliphatic rings.